The number of sulfonamides is 1. The van der Waals surface area contributed by atoms with Gasteiger partial charge in [0.2, 0.25) is 10.0 Å². The van der Waals surface area contributed by atoms with E-state index in [2.05, 4.69) is 78.3 Å². The van der Waals surface area contributed by atoms with Gasteiger partial charge in [-0.2, -0.15) is 14.4 Å². The summed E-state index contributed by atoms with van der Waals surface area (Å²) in [5.41, 5.74) is 14.8. The minimum absolute atomic E-state index is 0.0186. The smallest absolute Gasteiger partial charge is 0.354 e. The van der Waals surface area contributed by atoms with Crippen LogP contribution in [-0.4, -0.2) is 81.8 Å². The van der Waals surface area contributed by atoms with Crippen LogP contribution in [0.3, 0.4) is 0 Å². The lowest BCUT2D eigenvalue weighted by atomic mass is 9.87. The zero-order chi connectivity index (χ0) is 40.5. The van der Waals surface area contributed by atoms with Crippen LogP contribution in [0.2, 0.25) is 0 Å². The summed E-state index contributed by atoms with van der Waals surface area (Å²) in [7, 11) is -3.57. The first-order valence-electron chi connectivity index (χ1n) is 19.3. The molecule has 0 aliphatic carbocycles. The summed E-state index contributed by atoms with van der Waals surface area (Å²) in [4.78, 5) is 24.3. The third kappa shape index (κ3) is 11.4. The van der Waals surface area contributed by atoms with Crippen molar-refractivity contribution < 1.29 is 8.42 Å². The Hall–Kier alpha value is -4.83. The number of nitrogens with one attached hydrogen (secondary N) is 3. The van der Waals surface area contributed by atoms with Crippen LogP contribution in [0.15, 0.2) is 93.9 Å². The maximum absolute atomic E-state index is 13.5. The highest BCUT2D eigenvalue weighted by Crippen LogP contribution is 2.28. The van der Waals surface area contributed by atoms with Gasteiger partial charge in [0.05, 0.1) is 17.1 Å². The second-order valence-corrected chi connectivity index (χ2v) is 18.2. The fraction of sp³-hybridized carbons (Fsp3) is 0.463. The lowest BCUT2D eigenvalue weighted by molar-refractivity contribution is 0.252. The van der Waals surface area contributed by atoms with Crippen LogP contribution >= 0.6 is 0 Å². The standard InChI is InChI=1S/C21H29N7O.C20H30N4O2S/c1-21(2,3)17-11-15-13-28(20(29)27-18(15)26-17)16-7-5-14(6-8-16)12-24-9-4-10-25-19(22)23;1-20(2,3)17-6-4-7-19(16-17)27(25,26)24(18-8-11-21-12-9-18)15-14-23-13-5-10-22-23/h5-8,11,13,24H,4,9-10,12H2,1-3H3,(H4,22,23,25)(H,26,27,29);4-7,10,13,16,18,21H,8-9,11-12,14-15H2,1-3H3. The molecule has 15 heteroatoms. The summed E-state index contributed by atoms with van der Waals surface area (Å²) in [6, 6.07) is 19.2. The van der Waals surface area contributed by atoms with Crippen molar-refractivity contribution in [1.82, 2.24) is 39.3 Å². The van der Waals surface area contributed by atoms with Gasteiger partial charge in [-0.05, 0) is 91.8 Å². The van der Waals surface area contributed by atoms with E-state index < -0.39 is 10.0 Å². The topological polar surface area (TPSA) is 194 Å². The molecule has 5 aromatic rings. The number of aromatic amines is 1. The Morgan fingerprint density at radius 1 is 1.00 bits per heavy atom. The first-order chi connectivity index (χ1) is 26.5. The summed E-state index contributed by atoms with van der Waals surface area (Å²) < 4.78 is 32.1. The molecule has 6 rings (SSSR count). The van der Waals surface area contributed by atoms with E-state index in [1.54, 1.807) is 25.8 Å². The number of nitrogens with zero attached hydrogens (tertiary/aromatic N) is 6. The van der Waals surface area contributed by atoms with Crippen molar-refractivity contribution in [3.05, 3.63) is 107 Å². The number of benzene rings is 2. The van der Waals surface area contributed by atoms with Gasteiger partial charge in [-0.3, -0.25) is 14.2 Å². The van der Waals surface area contributed by atoms with E-state index in [0.29, 0.717) is 30.2 Å². The lowest BCUT2D eigenvalue weighted by Gasteiger charge is -2.34. The van der Waals surface area contributed by atoms with Gasteiger partial charge in [-0.1, -0.05) is 65.8 Å². The van der Waals surface area contributed by atoms with Crippen LogP contribution in [0, 0.1) is 0 Å². The van der Waals surface area contributed by atoms with E-state index in [1.165, 1.54) is 0 Å². The van der Waals surface area contributed by atoms with Gasteiger partial charge in [0.15, 0.2) is 5.96 Å². The van der Waals surface area contributed by atoms with Crippen molar-refractivity contribution in [3.8, 4) is 5.69 Å². The zero-order valence-corrected chi connectivity index (χ0v) is 34.4. The average Bonchev–Trinajstić information content (AvgIpc) is 3.84. The number of hydrogen-bond acceptors (Lipinski definition) is 8. The van der Waals surface area contributed by atoms with Crippen LogP contribution in [0.1, 0.15) is 77.6 Å². The average molecular weight is 786 g/mol. The van der Waals surface area contributed by atoms with Crippen LogP contribution in [0.5, 0.6) is 0 Å². The van der Waals surface area contributed by atoms with Crippen molar-refractivity contribution in [3.63, 3.8) is 0 Å². The molecule has 3 aromatic heterocycles. The second-order valence-electron chi connectivity index (χ2n) is 16.3. The number of aromatic nitrogens is 5. The Labute approximate surface area is 330 Å². The van der Waals surface area contributed by atoms with E-state index in [-0.39, 0.29) is 28.5 Å². The molecule has 0 unspecified atom stereocenters. The molecular formula is C41H59N11O3S. The normalized spacial score (nSPS) is 14.1. The van der Waals surface area contributed by atoms with Crippen molar-refractivity contribution >= 4 is 27.0 Å². The fourth-order valence-electron chi connectivity index (χ4n) is 6.49. The van der Waals surface area contributed by atoms with Gasteiger partial charge in [-0.15, -0.1) is 0 Å². The molecule has 2 aromatic carbocycles. The highest BCUT2D eigenvalue weighted by Gasteiger charge is 2.33. The van der Waals surface area contributed by atoms with Crippen molar-refractivity contribution in [2.75, 3.05) is 32.7 Å². The summed E-state index contributed by atoms with van der Waals surface area (Å²) in [6.07, 6.45) is 7.95. The minimum atomic E-state index is -3.57. The molecule has 0 radical (unpaired) electrons. The molecule has 0 amide bonds. The van der Waals surface area contributed by atoms with E-state index in [0.717, 1.165) is 73.3 Å². The molecular weight excluding hydrogens is 727 g/mol. The Morgan fingerprint density at radius 2 is 1.73 bits per heavy atom. The zero-order valence-electron chi connectivity index (χ0n) is 33.6. The largest absolute Gasteiger partial charge is 0.370 e. The third-order valence-corrected chi connectivity index (χ3v) is 11.7. The van der Waals surface area contributed by atoms with E-state index in [9.17, 15) is 13.2 Å². The Kier molecular flexibility index (Phi) is 13.9. The Morgan fingerprint density at radius 3 is 2.38 bits per heavy atom. The van der Waals surface area contributed by atoms with Crippen molar-refractivity contribution in [1.29, 1.82) is 0 Å². The molecule has 0 spiro atoms. The van der Waals surface area contributed by atoms with Crippen molar-refractivity contribution in [2.24, 2.45) is 16.5 Å². The van der Waals surface area contributed by atoms with E-state index >= 15 is 0 Å². The summed E-state index contributed by atoms with van der Waals surface area (Å²) in [5.74, 6) is 0.123. The first kappa shape index (κ1) is 42.3. The van der Waals surface area contributed by atoms with Gasteiger partial charge >= 0.3 is 5.69 Å². The summed E-state index contributed by atoms with van der Waals surface area (Å²) in [6.45, 7) is 17.5. The molecule has 1 aliphatic heterocycles. The van der Waals surface area contributed by atoms with Gasteiger partial charge in [0.1, 0.15) is 5.65 Å². The number of H-pyrrole nitrogens is 1. The lowest BCUT2D eigenvalue weighted by Crippen LogP contribution is -2.47. The van der Waals surface area contributed by atoms with E-state index in [4.69, 9.17) is 11.5 Å². The molecule has 1 saturated heterocycles. The molecule has 56 heavy (non-hydrogen) atoms. The number of hydrogen-bond donors (Lipinski definition) is 5. The monoisotopic (exact) mass is 785 g/mol. The number of fused-ring (bicyclic) bond motifs is 1. The predicted molar refractivity (Wildman–Crippen MR) is 225 cm³/mol. The van der Waals surface area contributed by atoms with E-state index in [1.807, 2.05) is 60.9 Å². The number of piperidine rings is 1. The van der Waals surface area contributed by atoms with Crippen LogP contribution in [0.4, 0.5) is 0 Å². The number of aliphatic imine (C=N–C) groups is 1. The first-order valence-corrected chi connectivity index (χ1v) is 20.8. The summed E-state index contributed by atoms with van der Waals surface area (Å²) >= 11 is 0. The molecule has 7 N–H and O–H groups in total. The van der Waals surface area contributed by atoms with Crippen LogP contribution in [-0.2, 0) is 33.9 Å². The quantitative estimate of drug-likeness (QED) is 0.0654. The third-order valence-electron chi connectivity index (χ3n) is 9.80. The minimum Gasteiger partial charge on any atom is -0.370 e. The number of nitrogens with two attached hydrogens (primary N) is 2. The maximum Gasteiger partial charge on any atom is 0.354 e. The Balaban J connectivity index is 0.000000215. The fourth-order valence-corrected chi connectivity index (χ4v) is 8.21. The van der Waals surface area contributed by atoms with Gasteiger partial charge in [0, 0.05) is 60.8 Å². The molecule has 302 valence electrons. The highest BCUT2D eigenvalue weighted by atomic mass is 32.2. The van der Waals surface area contributed by atoms with Gasteiger partial charge in [-0.25, -0.2) is 13.2 Å². The van der Waals surface area contributed by atoms with Crippen molar-refractivity contribution in [2.45, 2.75) is 95.7 Å². The highest BCUT2D eigenvalue weighted by molar-refractivity contribution is 7.89. The number of guanidine groups is 1. The molecule has 0 atom stereocenters. The maximum atomic E-state index is 13.5. The number of rotatable bonds is 13. The molecule has 14 nitrogen and oxygen atoms in total. The summed E-state index contributed by atoms with van der Waals surface area (Å²) in [5, 5.41) is 11.8. The molecule has 1 fully saturated rings. The van der Waals surface area contributed by atoms with Gasteiger partial charge < -0.3 is 27.1 Å². The molecule has 0 saturated carbocycles. The molecule has 1 aliphatic rings. The Bertz CT molecular complexity index is 2200. The van der Waals surface area contributed by atoms with Gasteiger partial charge in [0.25, 0.3) is 0 Å². The molecule has 0 bridgehead atoms. The second kappa shape index (κ2) is 18.4. The SMILES string of the molecule is CC(C)(C)c1cc2cn(-c3ccc(CNCCCN=C(N)N)cc3)c(=O)nc2[nH]1.CC(C)(C)c1cccc(S(=O)(=O)N(CCn2cccn2)C2CCNCC2)c1. The predicted octanol–water partition coefficient (Wildman–Crippen LogP) is 4.39. The van der Waals surface area contributed by atoms with Crippen LogP contribution in [0.25, 0.3) is 16.7 Å². The molecule has 4 heterocycles. The van der Waals surface area contributed by atoms with Crippen LogP contribution < -0.4 is 27.8 Å².